The van der Waals surface area contributed by atoms with E-state index in [1.165, 1.54) is 0 Å². The van der Waals surface area contributed by atoms with Gasteiger partial charge in [-0.25, -0.2) is 9.67 Å². The lowest BCUT2D eigenvalue weighted by atomic mass is 10.2. The van der Waals surface area contributed by atoms with E-state index in [1.807, 2.05) is 30.3 Å². The summed E-state index contributed by atoms with van der Waals surface area (Å²) in [6, 6.07) is 11.3. The zero-order valence-electron chi connectivity index (χ0n) is 9.79. The minimum absolute atomic E-state index is 0.436. The molecule has 1 aromatic carbocycles. The largest absolute Gasteiger partial charge is 0.481 e. The molecule has 0 atom stereocenters. The summed E-state index contributed by atoms with van der Waals surface area (Å²) in [5, 5.41) is 4.17. The van der Waals surface area contributed by atoms with E-state index in [1.54, 1.807) is 24.9 Å². The van der Waals surface area contributed by atoms with Crippen LogP contribution < -0.4 is 10.5 Å². The van der Waals surface area contributed by atoms with Gasteiger partial charge >= 0.3 is 0 Å². The maximum absolute atomic E-state index is 5.89. The van der Waals surface area contributed by atoms with E-state index in [0.717, 1.165) is 5.56 Å². The van der Waals surface area contributed by atoms with Crippen LogP contribution in [0.5, 0.6) is 5.88 Å². The highest BCUT2D eigenvalue weighted by molar-refractivity contribution is 5.98. The zero-order valence-corrected chi connectivity index (χ0v) is 9.79. The second-order valence-electron chi connectivity index (χ2n) is 3.53. The van der Waals surface area contributed by atoms with Crippen LogP contribution in [0.2, 0.25) is 0 Å². The molecular weight excluding hydrogens is 216 g/mol. The lowest BCUT2D eigenvalue weighted by molar-refractivity contribution is 0.373. The van der Waals surface area contributed by atoms with Crippen LogP contribution in [0.15, 0.2) is 41.4 Å². The van der Waals surface area contributed by atoms with Gasteiger partial charge in [0.15, 0.2) is 5.82 Å². The van der Waals surface area contributed by atoms with Gasteiger partial charge in [0.25, 0.3) is 0 Å². The predicted molar refractivity (Wildman–Crippen MR) is 66.6 cm³/mol. The highest BCUT2D eigenvalue weighted by atomic mass is 16.5. The summed E-state index contributed by atoms with van der Waals surface area (Å²) in [5.41, 5.74) is 6.76. The third-order valence-corrected chi connectivity index (χ3v) is 2.34. The number of nitrogens with two attached hydrogens (primary N) is 1. The number of benzene rings is 1. The van der Waals surface area contributed by atoms with E-state index >= 15 is 0 Å². The van der Waals surface area contributed by atoms with Gasteiger partial charge < -0.3 is 10.5 Å². The number of hydrogen-bond donors (Lipinski definition) is 1. The molecule has 0 unspecified atom stereocenters. The van der Waals surface area contributed by atoms with Crippen molar-refractivity contribution in [3.63, 3.8) is 0 Å². The van der Waals surface area contributed by atoms with Crippen molar-refractivity contribution in [1.82, 2.24) is 9.78 Å². The van der Waals surface area contributed by atoms with E-state index in [2.05, 4.69) is 10.1 Å². The van der Waals surface area contributed by atoms with E-state index < -0.39 is 0 Å². The number of methoxy groups -OCH3 is 1. The van der Waals surface area contributed by atoms with Crippen molar-refractivity contribution in [2.75, 3.05) is 7.11 Å². The molecule has 88 valence electrons. The van der Waals surface area contributed by atoms with Crippen LogP contribution in [0, 0.1) is 0 Å². The maximum atomic E-state index is 5.89. The second kappa shape index (κ2) is 4.69. The van der Waals surface area contributed by atoms with Crippen LogP contribution in [-0.4, -0.2) is 22.7 Å². The van der Waals surface area contributed by atoms with Crippen molar-refractivity contribution >= 4 is 11.7 Å². The monoisotopic (exact) mass is 230 g/mol. The first-order valence-electron chi connectivity index (χ1n) is 5.18. The molecule has 0 amide bonds. The van der Waals surface area contributed by atoms with Gasteiger partial charge in [-0.1, -0.05) is 30.3 Å². The maximum Gasteiger partial charge on any atom is 0.213 e. The smallest absolute Gasteiger partial charge is 0.213 e. The molecule has 1 aromatic heterocycles. The van der Waals surface area contributed by atoms with Crippen molar-refractivity contribution in [3.05, 3.63) is 42.0 Å². The van der Waals surface area contributed by atoms with Gasteiger partial charge in [-0.05, 0) is 0 Å². The van der Waals surface area contributed by atoms with E-state index in [-0.39, 0.29) is 0 Å². The summed E-state index contributed by atoms with van der Waals surface area (Å²) in [6.45, 7) is 0. The van der Waals surface area contributed by atoms with Gasteiger partial charge in [0.1, 0.15) is 5.84 Å². The Labute approximate surface area is 99.5 Å². The summed E-state index contributed by atoms with van der Waals surface area (Å²) in [6.07, 6.45) is 0. The lowest BCUT2D eigenvalue weighted by Gasteiger charge is -1.97. The average molecular weight is 230 g/mol. The summed E-state index contributed by atoms with van der Waals surface area (Å²) < 4.78 is 6.71. The Morgan fingerprint density at radius 2 is 2.06 bits per heavy atom. The molecule has 0 saturated carbocycles. The lowest BCUT2D eigenvalue weighted by Crippen LogP contribution is -2.12. The zero-order chi connectivity index (χ0) is 12.3. The number of hydrogen-bond acceptors (Lipinski definition) is 3. The van der Waals surface area contributed by atoms with Crippen molar-refractivity contribution in [1.29, 1.82) is 0 Å². The Balaban J connectivity index is 2.30. The topological polar surface area (TPSA) is 65.4 Å². The summed E-state index contributed by atoms with van der Waals surface area (Å²) >= 11 is 0. The van der Waals surface area contributed by atoms with Gasteiger partial charge in [-0.3, -0.25) is 0 Å². The molecule has 5 nitrogen and oxygen atoms in total. The second-order valence-corrected chi connectivity index (χ2v) is 3.53. The molecule has 2 N–H and O–H groups in total. The molecule has 5 heteroatoms. The first-order chi connectivity index (χ1) is 8.20. The number of ether oxygens (including phenoxy) is 1. The summed E-state index contributed by atoms with van der Waals surface area (Å²) in [7, 11) is 3.38. The Morgan fingerprint density at radius 1 is 1.35 bits per heavy atom. The Kier molecular flexibility index (Phi) is 3.09. The minimum Gasteiger partial charge on any atom is -0.481 e. The standard InChI is InChI=1S/C12H14N4O/c1-16-11(17-2)8-10(15-16)14-12(13)9-6-4-3-5-7-9/h3-8H,1-2H3,(H2,13,14,15). The van der Waals surface area contributed by atoms with Gasteiger partial charge in [-0.15, -0.1) is 5.10 Å². The third kappa shape index (κ3) is 2.44. The fourth-order valence-electron chi connectivity index (χ4n) is 1.48. The fraction of sp³-hybridized carbons (Fsp3) is 0.167. The summed E-state index contributed by atoms with van der Waals surface area (Å²) in [4.78, 5) is 4.24. The number of aromatic nitrogens is 2. The quantitative estimate of drug-likeness (QED) is 0.641. The van der Waals surface area contributed by atoms with Crippen LogP contribution >= 0.6 is 0 Å². The molecule has 0 bridgehead atoms. The molecule has 17 heavy (non-hydrogen) atoms. The molecule has 0 aliphatic rings. The molecule has 0 aliphatic heterocycles. The number of nitrogens with zero attached hydrogens (tertiary/aromatic N) is 3. The first kappa shape index (κ1) is 11.2. The fourth-order valence-corrected chi connectivity index (χ4v) is 1.48. The van der Waals surface area contributed by atoms with E-state index in [0.29, 0.717) is 17.5 Å². The van der Waals surface area contributed by atoms with Crippen LogP contribution in [0.25, 0.3) is 0 Å². The molecule has 0 aliphatic carbocycles. The molecule has 2 aromatic rings. The Morgan fingerprint density at radius 3 is 2.65 bits per heavy atom. The predicted octanol–water partition coefficient (Wildman–Crippen LogP) is 1.47. The first-order valence-corrected chi connectivity index (χ1v) is 5.18. The van der Waals surface area contributed by atoms with Crippen molar-refractivity contribution in [2.45, 2.75) is 0 Å². The Bertz CT molecular complexity index is 531. The third-order valence-electron chi connectivity index (χ3n) is 2.34. The van der Waals surface area contributed by atoms with E-state index in [9.17, 15) is 0 Å². The molecular formula is C12H14N4O. The van der Waals surface area contributed by atoms with Gasteiger partial charge in [0, 0.05) is 18.7 Å². The number of aryl methyl sites for hydroxylation is 1. The number of rotatable bonds is 3. The van der Waals surface area contributed by atoms with Crippen molar-refractivity contribution in [3.8, 4) is 5.88 Å². The Hall–Kier alpha value is -2.30. The molecule has 2 rings (SSSR count). The normalized spacial score (nSPS) is 11.5. The molecule has 0 spiro atoms. The van der Waals surface area contributed by atoms with Gasteiger partial charge in [-0.2, -0.15) is 0 Å². The van der Waals surface area contributed by atoms with Crippen LogP contribution in [0.3, 0.4) is 0 Å². The number of aliphatic imine (C=N–C) groups is 1. The molecule has 0 fully saturated rings. The molecule has 0 radical (unpaired) electrons. The summed E-state index contributed by atoms with van der Waals surface area (Å²) in [5.74, 6) is 1.61. The highest BCUT2D eigenvalue weighted by Gasteiger charge is 2.05. The number of amidine groups is 1. The minimum atomic E-state index is 0.436. The van der Waals surface area contributed by atoms with Crippen LogP contribution in [-0.2, 0) is 7.05 Å². The van der Waals surface area contributed by atoms with Crippen LogP contribution in [0.4, 0.5) is 5.82 Å². The van der Waals surface area contributed by atoms with Crippen molar-refractivity contribution < 1.29 is 4.74 Å². The van der Waals surface area contributed by atoms with Crippen molar-refractivity contribution in [2.24, 2.45) is 17.8 Å². The van der Waals surface area contributed by atoms with Gasteiger partial charge in [0.05, 0.1) is 7.11 Å². The van der Waals surface area contributed by atoms with E-state index in [4.69, 9.17) is 10.5 Å². The van der Waals surface area contributed by atoms with Crippen LogP contribution in [0.1, 0.15) is 5.56 Å². The van der Waals surface area contributed by atoms with Gasteiger partial charge in [0.2, 0.25) is 5.88 Å². The highest BCUT2D eigenvalue weighted by Crippen LogP contribution is 2.18. The average Bonchev–Trinajstić information content (AvgIpc) is 2.70. The molecule has 1 heterocycles. The SMILES string of the molecule is COc1cc(N=C(N)c2ccccc2)nn1C. The molecule has 0 saturated heterocycles.